The number of anilines is 1. The van der Waals surface area contributed by atoms with Crippen LogP contribution in [0.15, 0.2) is 30.3 Å². The summed E-state index contributed by atoms with van der Waals surface area (Å²) >= 11 is 0. The van der Waals surface area contributed by atoms with E-state index in [1.807, 2.05) is 0 Å². The van der Waals surface area contributed by atoms with Crippen molar-refractivity contribution in [3.63, 3.8) is 0 Å². The summed E-state index contributed by atoms with van der Waals surface area (Å²) in [4.78, 5) is 12.2. The second-order valence-corrected chi connectivity index (χ2v) is 7.40. The molecule has 0 aliphatic heterocycles. The van der Waals surface area contributed by atoms with Crippen molar-refractivity contribution in [3.05, 3.63) is 30.3 Å². The summed E-state index contributed by atoms with van der Waals surface area (Å²) in [7, 11) is -3.53. The maximum absolute atomic E-state index is 12.2. The number of rotatable bonds is 7. The fourth-order valence-electron chi connectivity index (χ4n) is 2.02. The van der Waals surface area contributed by atoms with Crippen LogP contribution in [0.3, 0.4) is 0 Å². The van der Waals surface area contributed by atoms with E-state index in [4.69, 9.17) is 0 Å². The minimum atomic E-state index is -3.53. The standard InChI is InChI=1S/C15H24N2O3S/c1-12(2)10-11-16-15(18)13(3)17(21(4,19)20)14-8-6-5-7-9-14/h5-9,12-13H,10-11H2,1-4H3,(H,16,18)/t13-/m1/s1. The van der Waals surface area contributed by atoms with Gasteiger partial charge in [-0.15, -0.1) is 0 Å². The summed E-state index contributed by atoms with van der Waals surface area (Å²) in [6.45, 7) is 6.29. The number of para-hydroxylation sites is 1. The lowest BCUT2D eigenvalue weighted by Gasteiger charge is -2.28. The third-order valence-electron chi connectivity index (χ3n) is 3.12. The van der Waals surface area contributed by atoms with E-state index < -0.39 is 16.1 Å². The largest absolute Gasteiger partial charge is 0.354 e. The van der Waals surface area contributed by atoms with E-state index in [0.29, 0.717) is 18.2 Å². The molecule has 0 aromatic heterocycles. The van der Waals surface area contributed by atoms with Crippen molar-refractivity contribution in [2.24, 2.45) is 5.92 Å². The van der Waals surface area contributed by atoms with Gasteiger partial charge < -0.3 is 5.32 Å². The van der Waals surface area contributed by atoms with Gasteiger partial charge >= 0.3 is 0 Å². The minimum Gasteiger partial charge on any atom is -0.354 e. The molecule has 1 amide bonds. The molecule has 0 aliphatic rings. The Kier molecular flexibility index (Phi) is 6.20. The molecule has 0 unspecified atom stereocenters. The predicted octanol–water partition coefficient (Wildman–Crippen LogP) is 2.00. The van der Waals surface area contributed by atoms with Crippen LogP contribution in [-0.2, 0) is 14.8 Å². The quantitative estimate of drug-likeness (QED) is 0.837. The Morgan fingerprint density at radius 1 is 1.19 bits per heavy atom. The number of carbonyl (C=O) groups excluding carboxylic acids is 1. The van der Waals surface area contributed by atoms with Crippen molar-refractivity contribution in [3.8, 4) is 0 Å². The molecule has 1 aromatic rings. The monoisotopic (exact) mass is 312 g/mol. The van der Waals surface area contributed by atoms with Crippen LogP contribution in [0.25, 0.3) is 0 Å². The first-order valence-corrected chi connectivity index (χ1v) is 8.90. The number of sulfonamides is 1. The molecule has 21 heavy (non-hydrogen) atoms. The van der Waals surface area contributed by atoms with Gasteiger partial charge in [0.25, 0.3) is 0 Å². The molecule has 1 aromatic carbocycles. The van der Waals surface area contributed by atoms with Gasteiger partial charge in [-0.2, -0.15) is 0 Å². The zero-order chi connectivity index (χ0) is 16.0. The Balaban J connectivity index is 2.87. The average Bonchev–Trinajstić information content (AvgIpc) is 2.37. The molecule has 0 radical (unpaired) electrons. The van der Waals surface area contributed by atoms with Gasteiger partial charge in [0.2, 0.25) is 15.9 Å². The smallest absolute Gasteiger partial charge is 0.243 e. The first-order valence-electron chi connectivity index (χ1n) is 7.05. The molecule has 0 saturated heterocycles. The number of carbonyl (C=O) groups is 1. The molecule has 0 spiro atoms. The van der Waals surface area contributed by atoms with Crippen molar-refractivity contribution < 1.29 is 13.2 Å². The molecule has 1 atom stereocenters. The molecule has 0 heterocycles. The minimum absolute atomic E-state index is 0.287. The van der Waals surface area contributed by atoms with Crippen LogP contribution in [0.5, 0.6) is 0 Å². The second-order valence-electron chi connectivity index (χ2n) is 5.54. The van der Waals surface area contributed by atoms with Gasteiger partial charge in [0, 0.05) is 6.54 Å². The number of nitrogens with zero attached hydrogens (tertiary/aromatic N) is 1. The summed E-state index contributed by atoms with van der Waals surface area (Å²) in [5.74, 6) is 0.200. The van der Waals surface area contributed by atoms with E-state index in [1.165, 1.54) is 0 Å². The number of nitrogens with one attached hydrogen (secondary N) is 1. The molecule has 118 valence electrons. The van der Waals surface area contributed by atoms with Crippen LogP contribution in [0, 0.1) is 5.92 Å². The van der Waals surface area contributed by atoms with Crippen LogP contribution >= 0.6 is 0 Å². The Morgan fingerprint density at radius 3 is 2.24 bits per heavy atom. The highest BCUT2D eigenvalue weighted by Gasteiger charge is 2.28. The molecular formula is C15H24N2O3S. The van der Waals surface area contributed by atoms with Gasteiger partial charge in [0.05, 0.1) is 11.9 Å². The van der Waals surface area contributed by atoms with Gasteiger partial charge in [0.15, 0.2) is 0 Å². The van der Waals surface area contributed by atoms with Gasteiger partial charge in [-0.1, -0.05) is 32.0 Å². The number of benzene rings is 1. The highest BCUT2D eigenvalue weighted by atomic mass is 32.2. The fourth-order valence-corrected chi connectivity index (χ4v) is 3.19. The van der Waals surface area contributed by atoms with Gasteiger partial charge in [-0.25, -0.2) is 8.42 Å². The van der Waals surface area contributed by atoms with Crippen molar-refractivity contribution in [1.82, 2.24) is 5.32 Å². The van der Waals surface area contributed by atoms with Crippen molar-refractivity contribution in [2.75, 3.05) is 17.1 Å². The highest BCUT2D eigenvalue weighted by molar-refractivity contribution is 7.92. The highest BCUT2D eigenvalue weighted by Crippen LogP contribution is 2.20. The second kappa shape index (κ2) is 7.45. The summed E-state index contributed by atoms with van der Waals surface area (Å²) in [6, 6.07) is 7.87. The SMILES string of the molecule is CC(C)CCNC(=O)[C@@H](C)N(c1ccccc1)S(C)(=O)=O. The van der Waals surface area contributed by atoms with Crippen LogP contribution in [-0.4, -0.2) is 33.2 Å². The predicted molar refractivity (Wildman–Crippen MR) is 85.7 cm³/mol. The number of hydrogen-bond donors (Lipinski definition) is 1. The molecule has 6 heteroatoms. The van der Waals surface area contributed by atoms with E-state index >= 15 is 0 Å². The van der Waals surface area contributed by atoms with Crippen molar-refractivity contribution in [2.45, 2.75) is 33.2 Å². The Bertz CT molecular complexity index is 556. The molecule has 5 nitrogen and oxygen atoms in total. The molecule has 0 saturated carbocycles. The third kappa shape index (κ3) is 5.38. The molecule has 0 fully saturated rings. The third-order valence-corrected chi connectivity index (χ3v) is 4.36. The van der Waals surface area contributed by atoms with Gasteiger partial charge in [-0.05, 0) is 31.4 Å². The molecule has 0 bridgehead atoms. The van der Waals surface area contributed by atoms with E-state index in [1.54, 1.807) is 37.3 Å². The normalized spacial score (nSPS) is 13.0. The summed E-state index contributed by atoms with van der Waals surface area (Å²) < 4.78 is 25.2. The summed E-state index contributed by atoms with van der Waals surface area (Å²) in [5.41, 5.74) is 0.492. The Labute approximate surface area is 127 Å². The van der Waals surface area contributed by atoms with E-state index in [0.717, 1.165) is 17.0 Å². The summed E-state index contributed by atoms with van der Waals surface area (Å²) in [6.07, 6.45) is 1.97. The average molecular weight is 312 g/mol. The van der Waals surface area contributed by atoms with Gasteiger partial charge in [0.1, 0.15) is 6.04 Å². The molecular weight excluding hydrogens is 288 g/mol. The first-order chi connectivity index (χ1) is 9.73. The van der Waals surface area contributed by atoms with E-state index in [9.17, 15) is 13.2 Å². The van der Waals surface area contributed by atoms with Crippen LogP contribution in [0.1, 0.15) is 27.2 Å². The van der Waals surface area contributed by atoms with Crippen molar-refractivity contribution >= 4 is 21.6 Å². The zero-order valence-corrected chi connectivity index (χ0v) is 13.9. The Morgan fingerprint density at radius 2 is 1.76 bits per heavy atom. The zero-order valence-electron chi connectivity index (χ0n) is 13.0. The number of hydrogen-bond acceptors (Lipinski definition) is 3. The first kappa shape index (κ1) is 17.5. The molecule has 1 N–H and O–H groups in total. The lowest BCUT2D eigenvalue weighted by Crippen LogP contribution is -2.48. The lowest BCUT2D eigenvalue weighted by atomic mass is 10.1. The molecule has 0 aliphatic carbocycles. The summed E-state index contributed by atoms with van der Waals surface area (Å²) in [5, 5.41) is 2.79. The number of amides is 1. The van der Waals surface area contributed by atoms with E-state index in [2.05, 4.69) is 19.2 Å². The van der Waals surface area contributed by atoms with Crippen molar-refractivity contribution in [1.29, 1.82) is 0 Å². The maximum atomic E-state index is 12.2. The van der Waals surface area contributed by atoms with E-state index in [-0.39, 0.29) is 5.91 Å². The Hall–Kier alpha value is -1.56. The van der Waals surface area contributed by atoms with Crippen LogP contribution in [0.2, 0.25) is 0 Å². The lowest BCUT2D eigenvalue weighted by molar-refractivity contribution is -0.121. The maximum Gasteiger partial charge on any atom is 0.243 e. The molecule has 1 rings (SSSR count). The van der Waals surface area contributed by atoms with Gasteiger partial charge in [-0.3, -0.25) is 9.10 Å². The van der Waals surface area contributed by atoms with Crippen LogP contribution < -0.4 is 9.62 Å². The fraction of sp³-hybridized carbons (Fsp3) is 0.533. The van der Waals surface area contributed by atoms with Crippen LogP contribution in [0.4, 0.5) is 5.69 Å². The topological polar surface area (TPSA) is 66.5 Å².